The van der Waals surface area contributed by atoms with Gasteiger partial charge < -0.3 is 4.74 Å². The van der Waals surface area contributed by atoms with E-state index in [4.69, 9.17) is 4.74 Å². The van der Waals surface area contributed by atoms with Crippen molar-refractivity contribution in [2.24, 2.45) is 0 Å². The van der Waals surface area contributed by atoms with E-state index in [1.54, 1.807) is 42.1 Å². The molecule has 0 aliphatic rings. The summed E-state index contributed by atoms with van der Waals surface area (Å²) in [6.45, 7) is 1.57. The third kappa shape index (κ3) is 3.88. The van der Waals surface area contributed by atoms with E-state index in [1.807, 2.05) is 24.4 Å². The molecule has 0 unspecified atom stereocenters. The van der Waals surface area contributed by atoms with Crippen LogP contribution in [0, 0.1) is 12.7 Å². The highest BCUT2D eigenvalue weighted by atomic mass is 19.1. The number of rotatable bonds is 5. The van der Waals surface area contributed by atoms with Gasteiger partial charge in [-0.1, -0.05) is 24.3 Å². The van der Waals surface area contributed by atoms with E-state index in [-0.39, 0.29) is 12.3 Å². The maximum atomic E-state index is 14.1. The molecule has 0 saturated heterocycles. The summed E-state index contributed by atoms with van der Waals surface area (Å²) in [6.07, 6.45) is 3.50. The molecule has 0 N–H and O–H groups in total. The standard InChI is InChI=1S/C22H17FN4O3/c1-15-13-20(28)21(25-27(15)19-6-3-2-5-18(19)23)22(29)30-14-16-7-9-17(10-8-16)26-12-4-11-24-26/h2-13H,14H2,1H3. The van der Waals surface area contributed by atoms with E-state index >= 15 is 0 Å². The molecule has 0 radical (unpaired) electrons. The highest BCUT2D eigenvalue weighted by molar-refractivity contribution is 5.86. The molecule has 0 bridgehead atoms. The number of aromatic nitrogens is 4. The first-order chi connectivity index (χ1) is 14.5. The molecule has 8 heteroatoms. The van der Waals surface area contributed by atoms with Crippen molar-refractivity contribution in [2.45, 2.75) is 13.5 Å². The van der Waals surface area contributed by atoms with E-state index in [9.17, 15) is 14.0 Å². The van der Waals surface area contributed by atoms with Gasteiger partial charge in [-0.05, 0) is 42.8 Å². The van der Waals surface area contributed by atoms with Gasteiger partial charge in [-0.3, -0.25) is 4.79 Å². The lowest BCUT2D eigenvalue weighted by molar-refractivity contribution is 0.0461. The predicted molar refractivity (Wildman–Crippen MR) is 107 cm³/mol. The van der Waals surface area contributed by atoms with Crippen molar-refractivity contribution in [3.63, 3.8) is 0 Å². The third-order valence-electron chi connectivity index (χ3n) is 4.46. The van der Waals surface area contributed by atoms with Crippen LogP contribution in [0.2, 0.25) is 0 Å². The van der Waals surface area contributed by atoms with E-state index in [1.165, 1.54) is 22.9 Å². The van der Waals surface area contributed by atoms with Crippen molar-refractivity contribution in [3.05, 3.63) is 106 Å². The molecule has 0 atom stereocenters. The highest BCUT2D eigenvalue weighted by Crippen LogP contribution is 2.14. The molecule has 2 heterocycles. The van der Waals surface area contributed by atoms with Crippen molar-refractivity contribution in [1.82, 2.24) is 19.6 Å². The Bertz CT molecular complexity index is 1250. The Labute approximate surface area is 171 Å². The normalized spacial score (nSPS) is 10.7. The Morgan fingerprint density at radius 3 is 2.57 bits per heavy atom. The number of esters is 1. The molecular weight excluding hydrogens is 387 g/mol. The van der Waals surface area contributed by atoms with Gasteiger partial charge in [-0.2, -0.15) is 10.2 Å². The number of hydrogen-bond donors (Lipinski definition) is 0. The molecule has 0 fully saturated rings. The molecule has 0 saturated carbocycles. The fourth-order valence-corrected chi connectivity index (χ4v) is 2.94. The molecule has 4 aromatic rings. The number of carbonyl (C=O) groups excluding carboxylic acids is 1. The van der Waals surface area contributed by atoms with Crippen LogP contribution in [0.4, 0.5) is 4.39 Å². The average molecular weight is 404 g/mol. The van der Waals surface area contributed by atoms with Crippen LogP contribution in [0.1, 0.15) is 21.7 Å². The van der Waals surface area contributed by atoms with Crippen molar-refractivity contribution >= 4 is 5.97 Å². The minimum absolute atomic E-state index is 0.0348. The maximum absolute atomic E-state index is 14.1. The number of aryl methyl sites for hydroxylation is 1. The molecule has 0 spiro atoms. The monoisotopic (exact) mass is 404 g/mol. The Kier molecular flexibility index (Phi) is 5.21. The fraction of sp³-hybridized carbons (Fsp3) is 0.0909. The molecule has 30 heavy (non-hydrogen) atoms. The maximum Gasteiger partial charge on any atom is 0.363 e. The van der Waals surface area contributed by atoms with Crippen LogP contribution in [0.25, 0.3) is 11.4 Å². The number of benzene rings is 2. The molecule has 2 aromatic carbocycles. The third-order valence-corrected chi connectivity index (χ3v) is 4.46. The van der Waals surface area contributed by atoms with Crippen LogP contribution >= 0.6 is 0 Å². The van der Waals surface area contributed by atoms with Crippen LogP contribution in [0.15, 0.2) is 77.9 Å². The van der Waals surface area contributed by atoms with Gasteiger partial charge in [0.05, 0.1) is 5.69 Å². The van der Waals surface area contributed by atoms with Gasteiger partial charge in [0.1, 0.15) is 18.1 Å². The molecule has 0 aliphatic heterocycles. The van der Waals surface area contributed by atoms with E-state index in [0.29, 0.717) is 5.69 Å². The first kappa shape index (κ1) is 19.3. The number of para-hydroxylation sites is 1. The molecule has 0 aliphatic carbocycles. The topological polar surface area (TPSA) is 79.0 Å². The molecular formula is C22H17FN4O3. The fourth-order valence-electron chi connectivity index (χ4n) is 2.94. The Morgan fingerprint density at radius 1 is 1.10 bits per heavy atom. The summed E-state index contributed by atoms with van der Waals surface area (Å²) in [5.41, 5.74) is 1.15. The van der Waals surface area contributed by atoms with Gasteiger partial charge in [-0.25, -0.2) is 18.5 Å². The van der Waals surface area contributed by atoms with Gasteiger partial charge in [0.25, 0.3) is 0 Å². The van der Waals surface area contributed by atoms with Crippen LogP contribution < -0.4 is 5.43 Å². The molecule has 4 rings (SSSR count). The first-order valence-corrected chi connectivity index (χ1v) is 9.15. The van der Waals surface area contributed by atoms with E-state index < -0.39 is 22.9 Å². The van der Waals surface area contributed by atoms with Crippen molar-refractivity contribution in [1.29, 1.82) is 0 Å². The quantitative estimate of drug-likeness (QED) is 0.477. The minimum Gasteiger partial charge on any atom is -0.456 e. The zero-order valence-electron chi connectivity index (χ0n) is 16.0. The number of hydrogen-bond acceptors (Lipinski definition) is 5. The second-order valence-electron chi connectivity index (χ2n) is 6.56. The Hall–Kier alpha value is -4.07. The Balaban J connectivity index is 1.53. The summed E-state index contributed by atoms with van der Waals surface area (Å²) in [5.74, 6) is -1.39. The lowest BCUT2D eigenvalue weighted by Gasteiger charge is -2.12. The van der Waals surface area contributed by atoms with Crippen LogP contribution in [0.5, 0.6) is 0 Å². The molecule has 2 aromatic heterocycles. The summed E-state index contributed by atoms with van der Waals surface area (Å²) in [7, 11) is 0. The summed E-state index contributed by atoms with van der Waals surface area (Å²) in [5, 5.41) is 8.19. The second kappa shape index (κ2) is 8.12. The summed E-state index contributed by atoms with van der Waals surface area (Å²) in [4.78, 5) is 24.7. The SMILES string of the molecule is Cc1cc(=O)c(C(=O)OCc2ccc(-n3cccn3)cc2)nn1-c1ccccc1F. The molecule has 150 valence electrons. The summed E-state index contributed by atoms with van der Waals surface area (Å²) >= 11 is 0. The molecule has 0 amide bonds. The van der Waals surface area contributed by atoms with Gasteiger partial charge in [-0.15, -0.1) is 0 Å². The number of halogens is 1. The lowest BCUT2D eigenvalue weighted by atomic mass is 10.2. The average Bonchev–Trinajstić information content (AvgIpc) is 3.28. The summed E-state index contributed by atoms with van der Waals surface area (Å²) < 4.78 is 22.3. The van der Waals surface area contributed by atoms with Crippen LogP contribution in [0.3, 0.4) is 0 Å². The predicted octanol–water partition coefficient (Wildman–Crippen LogP) is 3.22. The van der Waals surface area contributed by atoms with Crippen LogP contribution in [-0.4, -0.2) is 25.5 Å². The zero-order valence-corrected chi connectivity index (χ0v) is 16.0. The van der Waals surface area contributed by atoms with E-state index in [2.05, 4.69) is 10.2 Å². The van der Waals surface area contributed by atoms with Gasteiger partial charge in [0.2, 0.25) is 11.1 Å². The van der Waals surface area contributed by atoms with Gasteiger partial charge in [0.15, 0.2) is 0 Å². The first-order valence-electron chi connectivity index (χ1n) is 9.15. The lowest BCUT2D eigenvalue weighted by Crippen LogP contribution is -2.24. The van der Waals surface area contributed by atoms with Gasteiger partial charge >= 0.3 is 5.97 Å². The van der Waals surface area contributed by atoms with Crippen molar-refractivity contribution in [3.8, 4) is 11.4 Å². The minimum atomic E-state index is -0.874. The zero-order chi connectivity index (χ0) is 21.1. The van der Waals surface area contributed by atoms with Gasteiger partial charge in [0, 0.05) is 24.2 Å². The Morgan fingerprint density at radius 2 is 1.87 bits per heavy atom. The summed E-state index contributed by atoms with van der Waals surface area (Å²) in [6, 6.07) is 16.3. The largest absolute Gasteiger partial charge is 0.456 e. The smallest absolute Gasteiger partial charge is 0.363 e. The van der Waals surface area contributed by atoms with Crippen LogP contribution in [-0.2, 0) is 11.3 Å². The molecule has 7 nitrogen and oxygen atoms in total. The number of nitrogens with zero attached hydrogens (tertiary/aromatic N) is 4. The van der Waals surface area contributed by atoms with E-state index in [0.717, 1.165) is 11.3 Å². The van der Waals surface area contributed by atoms with Crippen molar-refractivity contribution < 1.29 is 13.9 Å². The second-order valence-corrected chi connectivity index (χ2v) is 6.56. The highest BCUT2D eigenvalue weighted by Gasteiger charge is 2.18. The number of ether oxygens (including phenoxy) is 1. The van der Waals surface area contributed by atoms with Crippen molar-refractivity contribution in [2.75, 3.05) is 0 Å². The number of carbonyl (C=O) groups is 1.